The van der Waals surface area contributed by atoms with Crippen LogP contribution in [0.2, 0.25) is 0 Å². The number of hydrogen-bond donors (Lipinski definition) is 0. The molecule has 1 fully saturated rings. The second-order valence-electron chi connectivity index (χ2n) is 4.66. The van der Waals surface area contributed by atoms with E-state index in [1.54, 1.807) is 18.4 Å². The number of nitrogens with zero attached hydrogens (tertiary/aromatic N) is 3. The van der Waals surface area contributed by atoms with Crippen molar-refractivity contribution < 1.29 is 13.7 Å². The van der Waals surface area contributed by atoms with Gasteiger partial charge in [0, 0.05) is 0 Å². The Bertz CT molecular complexity index is 535. The molecule has 19 heavy (non-hydrogen) atoms. The van der Waals surface area contributed by atoms with Crippen molar-refractivity contribution >= 4 is 6.29 Å². The molecule has 3 heterocycles. The van der Waals surface area contributed by atoms with Crippen LogP contribution in [0.25, 0.3) is 11.6 Å². The number of piperidine rings is 1. The summed E-state index contributed by atoms with van der Waals surface area (Å²) in [6.07, 6.45) is 5.68. The Morgan fingerprint density at radius 2 is 2.42 bits per heavy atom. The number of likely N-dealkylation sites (tertiary alicyclic amines) is 1. The average molecular weight is 261 g/mol. The zero-order chi connectivity index (χ0) is 13.1. The summed E-state index contributed by atoms with van der Waals surface area (Å²) in [5, 5.41) is 3.88. The first-order valence-electron chi connectivity index (χ1n) is 6.42. The molecule has 0 saturated carbocycles. The van der Waals surface area contributed by atoms with Crippen LogP contribution in [-0.4, -0.2) is 33.9 Å². The number of carbonyl (C=O) groups excluding carboxylic acids is 1. The summed E-state index contributed by atoms with van der Waals surface area (Å²) in [6, 6.07) is 3.52. The molecule has 0 amide bonds. The van der Waals surface area contributed by atoms with E-state index in [1.165, 1.54) is 0 Å². The second kappa shape index (κ2) is 5.36. The summed E-state index contributed by atoms with van der Waals surface area (Å²) in [5.41, 5.74) is 0. The van der Waals surface area contributed by atoms with E-state index >= 15 is 0 Å². The Hall–Kier alpha value is -1.95. The predicted octanol–water partition coefficient (Wildman–Crippen LogP) is 1.88. The first kappa shape index (κ1) is 12.1. The van der Waals surface area contributed by atoms with E-state index in [1.807, 2.05) is 0 Å². The molecule has 0 N–H and O–H groups in total. The van der Waals surface area contributed by atoms with E-state index in [-0.39, 0.29) is 6.04 Å². The summed E-state index contributed by atoms with van der Waals surface area (Å²) in [5.74, 6) is 1.54. The standard InChI is InChI=1S/C13H15N3O3/c17-9-10-4-1-2-6-16(10)8-12-14-13(15-19-12)11-5-3-7-18-11/h3,5,7,9-10H,1-2,4,6,8H2. The van der Waals surface area contributed by atoms with Crippen LogP contribution in [0, 0.1) is 0 Å². The van der Waals surface area contributed by atoms with E-state index in [2.05, 4.69) is 15.0 Å². The van der Waals surface area contributed by atoms with Crippen molar-refractivity contribution in [3.63, 3.8) is 0 Å². The van der Waals surface area contributed by atoms with Crippen LogP contribution in [0.1, 0.15) is 25.2 Å². The van der Waals surface area contributed by atoms with Crippen molar-refractivity contribution in [2.24, 2.45) is 0 Å². The molecule has 1 saturated heterocycles. The average Bonchev–Trinajstić information content (AvgIpc) is 3.09. The molecule has 2 aromatic heterocycles. The molecule has 1 aliphatic rings. The van der Waals surface area contributed by atoms with E-state index in [4.69, 9.17) is 8.94 Å². The first-order valence-corrected chi connectivity index (χ1v) is 6.42. The molecule has 0 spiro atoms. The normalized spacial score (nSPS) is 20.5. The van der Waals surface area contributed by atoms with Gasteiger partial charge in [-0.15, -0.1) is 0 Å². The highest BCUT2D eigenvalue weighted by molar-refractivity contribution is 5.57. The molecule has 3 rings (SSSR count). The third-order valence-corrected chi connectivity index (χ3v) is 3.37. The molecule has 100 valence electrons. The van der Waals surface area contributed by atoms with Crippen LogP contribution < -0.4 is 0 Å². The van der Waals surface area contributed by atoms with Crippen LogP contribution in [0.5, 0.6) is 0 Å². The second-order valence-corrected chi connectivity index (χ2v) is 4.66. The molecule has 1 unspecified atom stereocenters. The fourth-order valence-electron chi connectivity index (χ4n) is 2.37. The molecule has 1 atom stereocenters. The summed E-state index contributed by atoms with van der Waals surface area (Å²) in [6.45, 7) is 1.40. The third kappa shape index (κ3) is 2.58. The fourth-order valence-corrected chi connectivity index (χ4v) is 2.37. The number of rotatable bonds is 4. The van der Waals surface area contributed by atoms with Crippen LogP contribution >= 0.6 is 0 Å². The summed E-state index contributed by atoms with van der Waals surface area (Å²) < 4.78 is 10.4. The number of carbonyl (C=O) groups is 1. The lowest BCUT2D eigenvalue weighted by atomic mass is 10.0. The minimum absolute atomic E-state index is 0.0345. The predicted molar refractivity (Wildman–Crippen MR) is 66.1 cm³/mol. The maximum Gasteiger partial charge on any atom is 0.241 e. The van der Waals surface area contributed by atoms with E-state index in [0.29, 0.717) is 24.0 Å². The van der Waals surface area contributed by atoms with Gasteiger partial charge in [-0.2, -0.15) is 4.98 Å². The number of aldehydes is 1. The van der Waals surface area contributed by atoms with E-state index in [0.717, 1.165) is 32.1 Å². The van der Waals surface area contributed by atoms with Crippen molar-refractivity contribution in [3.8, 4) is 11.6 Å². The molecule has 0 radical (unpaired) electrons. The molecule has 6 heteroatoms. The largest absolute Gasteiger partial charge is 0.461 e. The maximum atomic E-state index is 11.0. The van der Waals surface area contributed by atoms with Crippen molar-refractivity contribution in [1.29, 1.82) is 0 Å². The summed E-state index contributed by atoms with van der Waals surface area (Å²) >= 11 is 0. The van der Waals surface area contributed by atoms with Gasteiger partial charge in [0.1, 0.15) is 6.29 Å². The molecule has 1 aliphatic heterocycles. The molecule has 0 bridgehead atoms. The van der Waals surface area contributed by atoms with Gasteiger partial charge in [-0.05, 0) is 31.5 Å². The molecule has 0 aromatic carbocycles. The van der Waals surface area contributed by atoms with Gasteiger partial charge in [0.15, 0.2) is 5.76 Å². The maximum absolute atomic E-state index is 11.0. The van der Waals surface area contributed by atoms with E-state index in [9.17, 15) is 4.79 Å². The lowest BCUT2D eigenvalue weighted by Crippen LogP contribution is -2.39. The topological polar surface area (TPSA) is 72.4 Å². The van der Waals surface area contributed by atoms with Crippen LogP contribution in [0.3, 0.4) is 0 Å². The van der Waals surface area contributed by atoms with Gasteiger partial charge in [-0.25, -0.2) is 0 Å². The minimum atomic E-state index is -0.0345. The number of hydrogen-bond acceptors (Lipinski definition) is 6. The lowest BCUT2D eigenvalue weighted by Gasteiger charge is -2.30. The zero-order valence-corrected chi connectivity index (χ0v) is 10.5. The van der Waals surface area contributed by atoms with E-state index < -0.39 is 0 Å². The van der Waals surface area contributed by atoms with Gasteiger partial charge in [-0.3, -0.25) is 4.90 Å². The third-order valence-electron chi connectivity index (χ3n) is 3.37. The zero-order valence-electron chi connectivity index (χ0n) is 10.5. The SMILES string of the molecule is O=CC1CCCCN1Cc1nc(-c2ccco2)no1. The summed E-state index contributed by atoms with van der Waals surface area (Å²) in [4.78, 5) is 17.4. The quantitative estimate of drug-likeness (QED) is 0.782. The number of furan rings is 1. The monoisotopic (exact) mass is 261 g/mol. The van der Waals surface area contributed by atoms with Gasteiger partial charge < -0.3 is 13.7 Å². The smallest absolute Gasteiger partial charge is 0.241 e. The Balaban J connectivity index is 1.71. The van der Waals surface area contributed by atoms with Crippen LogP contribution in [0.4, 0.5) is 0 Å². The minimum Gasteiger partial charge on any atom is -0.461 e. The van der Waals surface area contributed by atoms with Crippen LogP contribution in [0.15, 0.2) is 27.3 Å². The van der Waals surface area contributed by atoms with Crippen molar-refractivity contribution in [3.05, 3.63) is 24.3 Å². The highest BCUT2D eigenvalue weighted by atomic mass is 16.5. The molecule has 2 aromatic rings. The Labute approximate surface area is 110 Å². The number of aromatic nitrogens is 2. The molecule has 6 nitrogen and oxygen atoms in total. The van der Waals surface area contributed by atoms with Gasteiger partial charge in [0.2, 0.25) is 11.7 Å². The van der Waals surface area contributed by atoms with Gasteiger partial charge in [-0.1, -0.05) is 11.6 Å². The first-order chi connectivity index (χ1) is 9.36. The Morgan fingerprint density at radius 3 is 3.21 bits per heavy atom. The van der Waals surface area contributed by atoms with Crippen molar-refractivity contribution in [2.45, 2.75) is 31.8 Å². The summed E-state index contributed by atoms with van der Waals surface area (Å²) in [7, 11) is 0. The van der Waals surface area contributed by atoms with Crippen molar-refractivity contribution in [2.75, 3.05) is 6.54 Å². The molecular formula is C13H15N3O3. The molecular weight excluding hydrogens is 246 g/mol. The highest BCUT2D eigenvalue weighted by Gasteiger charge is 2.24. The van der Waals surface area contributed by atoms with Crippen molar-refractivity contribution in [1.82, 2.24) is 15.0 Å². The van der Waals surface area contributed by atoms with Gasteiger partial charge in [0.25, 0.3) is 0 Å². The lowest BCUT2D eigenvalue weighted by molar-refractivity contribution is -0.113. The van der Waals surface area contributed by atoms with Gasteiger partial charge >= 0.3 is 0 Å². The molecule has 0 aliphatic carbocycles. The van der Waals surface area contributed by atoms with Crippen LogP contribution in [-0.2, 0) is 11.3 Å². The Kier molecular flexibility index (Phi) is 3.41. The highest BCUT2D eigenvalue weighted by Crippen LogP contribution is 2.20. The van der Waals surface area contributed by atoms with Gasteiger partial charge in [0.05, 0.1) is 18.8 Å². The Morgan fingerprint density at radius 1 is 1.47 bits per heavy atom. The fraction of sp³-hybridized carbons (Fsp3) is 0.462.